The maximum absolute atomic E-state index is 9.65. The minimum absolute atomic E-state index is 0.169. The number of nitrogens with zero attached hydrogens (tertiary/aromatic N) is 2. The normalized spacial score (nSPS) is 14.5. The second kappa shape index (κ2) is 5.06. The molecule has 0 spiro atoms. The first kappa shape index (κ1) is 12.4. The van der Waals surface area contributed by atoms with E-state index in [0.29, 0.717) is 5.52 Å². The highest BCUT2D eigenvalue weighted by Crippen LogP contribution is 2.43. The molecule has 0 bridgehead atoms. The standard InChI is InChI=1S/C10H11N2O3PS/c1-2-14-16(13,17)15-10-7-11-8-5-3-4-6-9(8)12-10/h3-7H,2H2,1H3,(H,13,17). The zero-order valence-corrected chi connectivity index (χ0v) is 10.8. The minimum Gasteiger partial charge on any atom is -0.404 e. The van der Waals surface area contributed by atoms with Crippen LogP contribution in [0.3, 0.4) is 0 Å². The largest absolute Gasteiger partial charge is 0.404 e. The van der Waals surface area contributed by atoms with Crippen LogP contribution in [0, 0.1) is 0 Å². The SMILES string of the molecule is CCOP(O)(=S)Oc1cnc2ccccc2n1. The summed E-state index contributed by atoms with van der Waals surface area (Å²) in [5, 5.41) is 0. The number of fused-ring (bicyclic) bond motifs is 1. The van der Waals surface area contributed by atoms with Crippen molar-refractivity contribution in [3.05, 3.63) is 30.5 Å². The van der Waals surface area contributed by atoms with Crippen LogP contribution in [-0.2, 0) is 16.3 Å². The van der Waals surface area contributed by atoms with E-state index < -0.39 is 6.72 Å². The van der Waals surface area contributed by atoms with Crippen molar-refractivity contribution in [2.24, 2.45) is 0 Å². The molecule has 1 aromatic carbocycles. The number of benzene rings is 1. The van der Waals surface area contributed by atoms with Crippen LogP contribution in [0.25, 0.3) is 11.0 Å². The molecular formula is C10H11N2O3PS. The highest BCUT2D eigenvalue weighted by Gasteiger charge is 2.17. The zero-order valence-electron chi connectivity index (χ0n) is 9.11. The molecule has 0 aliphatic heterocycles. The first-order chi connectivity index (χ1) is 8.11. The molecule has 0 saturated carbocycles. The number of hydrogen-bond acceptors (Lipinski definition) is 5. The Kier molecular flexibility index (Phi) is 3.69. The van der Waals surface area contributed by atoms with Crippen molar-refractivity contribution < 1.29 is 13.9 Å². The fraction of sp³-hybridized carbons (Fsp3) is 0.200. The fourth-order valence-electron chi connectivity index (χ4n) is 1.29. The maximum atomic E-state index is 9.65. The minimum atomic E-state index is -3.26. The third-order valence-corrected chi connectivity index (χ3v) is 3.47. The quantitative estimate of drug-likeness (QED) is 0.860. The van der Waals surface area contributed by atoms with Crippen LogP contribution >= 0.6 is 6.72 Å². The number of para-hydroxylation sites is 2. The van der Waals surface area contributed by atoms with Crippen LogP contribution in [0.5, 0.6) is 5.88 Å². The molecule has 0 radical (unpaired) electrons. The van der Waals surface area contributed by atoms with Gasteiger partial charge in [-0.2, -0.15) is 0 Å². The lowest BCUT2D eigenvalue weighted by Crippen LogP contribution is -1.98. The van der Waals surface area contributed by atoms with Crippen molar-refractivity contribution >= 4 is 29.6 Å². The van der Waals surface area contributed by atoms with Gasteiger partial charge in [0.15, 0.2) is 0 Å². The van der Waals surface area contributed by atoms with Gasteiger partial charge >= 0.3 is 6.72 Å². The smallest absolute Gasteiger partial charge is 0.379 e. The molecule has 5 nitrogen and oxygen atoms in total. The first-order valence-corrected chi connectivity index (χ1v) is 7.58. The number of aromatic nitrogens is 2. The maximum Gasteiger partial charge on any atom is 0.379 e. The summed E-state index contributed by atoms with van der Waals surface area (Å²) < 4.78 is 10.1. The molecule has 0 fully saturated rings. The third-order valence-electron chi connectivity index (χ3n) is 1.93. The Balaban J connectivity index is 2.28. The van der Waals surface area contributed by atoms with E-state index in [9.17, 15) is 4.89 Å². The Morgan fingerprint density at radius 3 is 2.76 bits per heavy atom. The summed E-state index contributed by atoms with van der Waals surface area (Å²) in [6.45, 7) is -1.25. The highest BCUT2D eigenvalue weighted by molar-refractivity contribution is 8.07. The van der Waals surface area contributed by atoms with Crippen molar-refractivity contribution in [2.45, 2.75) is 6.92 Å². The van der Waals surface area contributed by atoms with Gasteiger partial charge in [-0.05, 0) is 19.1 Å². The molecular weight excluding hydrogens is 259 g/mol. The average molecular weight is 270 g/mol. The Morgan fingerprint density at radius 2 is 2.06 bits per heavy atom. The molecule has 90 valence electrons. The van der Waals surface area contributed by atoms with Gasteiger partial charge in [0.25, 0.3) is 0 Å². The van der Waals surface area contributed by atoms with E-state index in [1.807, 2.05) is 18.2 Å². The van der Waals surface area contributed by atoms with Gasteiger partial charge in [-0.1, -0.05) is 12.1 Å². The second-order valence-corrected chi connectivity index (χ2v) is 5.94. The van der Waals surface area contributed by atoms with Crippen LogP contribution in [0.15, 0.2) is 30.5 Å². The van der Waals surface area contributed by atoms with Crippen LogP contribution < -0.4 is 4.52 Å². The molecule has 7 heteroatoms. The highest BCUT2D eigenvalue weighted by atomic mass is 32.5. The molecule has 1 atom stereocenters. The topological polar surface area (TPSA) is 64.5 Å². The molecule has 1 unspecified atom stereocenters. The van der Waals surface area contributed by atoms with Gasteiger partial charge in [0.1, 0.15) is 0 Å². The summed E-state index contributed by atoms with van der Waals surface area (Å²) in [7, 11) is 0. The molecule has 1 N–H and O–H groups in total. The molecule has 0 amide bonds. The van der Waals surface area contributed by atoms with E-state index in [0.717, 1.165) is 5.52 Å². The van der Waals surface area contributed by atoms with E-state index in [1.54, 1.807) is 13.0 Å². The Bertz CT molecular complexity index is 578. The van der Waals surface area contributed by atoms with E-state index in [-0.39, 0.29) is 12.5 Å². The van der Waals surface area contributed by atoms with Gasteiger partial charge < -0.3 is 9.42 Å². The van der Waals surface area contributed by atoms with E-state index in [1.165, 1.54) is 6.20 Å². The van der Waals surface area contributed by atoms with Gasteiger partial charge in [-0.25, -0.2) is 9.97 Å². The lowest BCUT2D eigenvalue weighted by Gasteiger charge is -2.14. The Morgan fingerprint density at radius 1 is 1.35 bits per heavy atom. The molecule has 17 heavy (non-hydrogen) atoms. The fourth-order valence-corrected chi connectivity index (χ4v) is 2.54. The third kappa shape index (κ3) is 3.20. The summed E-state index contributed by atoms with van der Waals surface area (Å²) in [5.41, 5.74) is 1.43. The van der Waals surface area contributed by atoms with Crippen molar-refractivity contribution in [3.8, 4) is 5.88 Å². The van der Waals surface area contributed by atoms with E-state index in [2.05, 4.69) is 9.97 Å². The van der Waals surface area contributed by atoms with Crippen molar-refractivity contribution in [3.63, 3.8) is 0 Å². The molecule has 2 rings (SSSR count). The van der Waals surface area contributed by atoms with Crippen molar-refractivity contribution in [2.75, 3.05) is 6.61 Å². The Hall–Kier alpha value is -1.07. The molecule has 1 heterocycles. The molecule has 1 aromatic heterocycles. The summed E-state index contributed by atoms with van der Waals surface area (Å²) in [6, 6.07) is 7.35. The molecule has 0 aliphatic rings. The van der Waals surface area contributed by atoms with Crippen LogP contribution in [-0.4, -0.2) is 21.5 Å². The van der Waals surface area contributed by atoms with Crippen molar-refractivity contribution in [1.82, 2.24) is 9.97 Å². The molecule has 0 aliphatic carbocycles. The summed E-state index contributed by atoms with van der Waals surface area (Å²) in [4.78, 5) is 18.0. The zero-order chi connectivity index (χ0) is 12.3. The van der Waals surface area contributed by atoms with Crippen LogP contribution in [0.1, 0.15) is 6.92 Å². The summed E-state index contributed by atoms with van der Waals surface area (Å²) >= 11 is 4.80. The van der Waals surface area contributed by atoms with Crippen molar-refractivity contribution in [1.29, 1.82) is 0 Å². The predicted molar refractivity (Wildman–Crippen MR) is 68.3 cm³/mol. The lowest BCUT2D eigenvalue weighted by molar-refractivity contribution is 0.268. The number of hydrogen-bond donors (Lipinski definition) is 1. The van der Waals surface area contributed by atoms with E-state index >= 15 is 0 Å². The first-order valence-electron chi connectivity index (χ1n) is 4.99. The van der Waals surface area contributed by atoms with Gasteiger partial charge in [-0.15, -0.1) is 0 Å². The van der Waals surface area contributed by atoms with Gasteiger partial charge in [0, 0.05) is 11.8 Å². The average Bonchev–Trinajstić information content (AvgIpc) is 2.28. The molecule has 0 saturated heterocycles. The van der Waals surface area contributed by atoms with Gasteiger partial charge in [0.05, 0.1) is 23.8 Å². The monoisotopic (exact) mass is 270 g/mol. The molecule has 2 aromatic rings. The predicted octanol–water partition coefficient (Wildman–Crippen LogP) is 2.26. The number of rotatable bonds is 4. The summed E-state index contributed by atoms with van der Waals surface area (Å²) in [6.07, 6.45) is 1.42. The van der Waals surface area contributed by atoms with Gasteiger partial charge in [0.2, 0.25) is 5.88 Å². The second-order valence-electron chi connectivity index (χ2n) is 3.17. The Labute approximate surface area is 104 Å². The van der Waals surface area contributed by atoms with E-state index in [4.69, 9.17) is 20.9 Å². The van der Waals surface area contributed by atoms with Gasteiger partial charge in [-0.3, -0.25) is 4.52 Å². The summed E-state index contributed by atoms with van der Waals surface area (Å²) in [5.74, 6) is 0.169. The van der Waals surface area contributed by atoms with Crippen LogP contribution in [0.2, 0.25) is 0 Å². The van der Waals surface area contributed by atoms with Crippen LogP contribution in [0.4, 0.5) is 0 Å². The lowest BCUT2D eigenvalue weighted by atomic mass is 10.3.